The van der Waals surface area contributed by atoms with Crippen LogP contribution in [0.2, 0.25) is 0 Å². The Morgan fingerprint density at radius 3 is 2.28 bits per heavy atom. The molecule has 0 aliphatic rings. The minimum absolute atomic E-state index is 0.172. The van der Waals surface area contributed by atoms with Crippen LogP contribution in [0, 0.1) is 0 Å². The predicted octanol–water partition coefficient (Wildman–Crippen LogP) is 1.39. The van der Waals surface area contributed by atoms with Crippen LogP contribution in [0.25, 0.3) is 0 Å². The Kier molecular flexibility index (Phi) is 9.43. The minimum Gasteiger partial charge on any atom is -0.487 e. The number of carbonyl (C=O) groups excluding carboxylic acids is 1. The number of carbonyl (C=O) groups is 1. The average Bonchev–Trinajstić information content (AvgIpc) is 2.53. The fourth-order valence-corrected chi connectivity index (χ4v) is 2.32. The van der Waals surface area contributed by atoms with Gasteiger partial charge in [-0.2, -0.15) is 8.42 Å². The lowest BCUT2D eigenvalue weighted by Gasteiger charge is -2.14. The maximum absolute atomic E-state index is 11.9. The lowest BCUT2D eigenvalue weighted by Crippen LogP contribution is -2.28. The molecule has 0 aromatic heterocycles. The van der Waals surface area contributed by atoms with E-state index in [0.717, 1.165) is 6.26 Å². The fraction of sp³-hybridized carbons (Fsp3) is 0.562. The van der Waals surface area contributed by atoms with Gasteiger partial charge in [0.05, 0.1) is 26.1 Å². The average molecular weight is 376 g/mol. The predicted molar refractivity (Wildman–Crippen MR) is 90.3 cm³/mol. The third kappa shape index (κ3) is 9.40. The van der Waals surface area contributed by atoms with E-state index in [0.29, 0.717) is 32.2 Å². The normalized spacial score (nSPS) is 12.6. The first kappa shape index (κ1) is 21.4. The van der Waals surface area contributed by atoms with Crippen molar-refractivity contribution in [1.82, 2.24) is 0 Å². The molecule has 0 radical (unpaired) electrons. The van der Waals surface area contributed by atoms with E-state index in [-0.39, 0.29) is 12.4 Å². The van der Waals surface area contributed by atoms with Gasteiger partial charge in [-0.1, -0.05) is 12.1 Å². The quantitative estimate of drug-likeness (QED) is 0.234. The standard InChI is InChI=1S/C16H24O8S/c1-4-20-9-10-21-11-12-22-14-7-5-6-8-15(14)23-16(17)13(2)24-25(3,18)19/h5-8,13H,4,9-12H2,1-3H3. The molecule has 1 unspecified atom stereocenters. The van der Waals surface area contributed by atoms with E-state index in [1.807, 2.05) is 6.92 Å². The van der Waals surface area contributed by atoms with Gasteiger partial charge in [-0.15, -0.1) is 0 Å². The largest absolute Gasteiger partial charge is 0.487 e. The second-order valence-electron chi connectivity index (χ2n) is 4.97. The summed E-state index contributed by atoms with van der Waals surface area (Å²) in [6.45, 7) is 5.43. The van der Waals surface area contributed by atoms with Crippen LogP contribution in [0.5, 0.6) is 11.5 Å². The van der Waals surface area contributed by atoms with E-state index in [2.05, 4.69) is 4.18 Å². The van der Waals surface area contributed by atoms with Crippen molar-refractivity contribution in [2.75, 3.05) is 39.3 Å². The van der Waals surface area contributed by atoms with Crippen molar-refractivity contribution in [1.29, 1.82) is 0 Å². The maximum atomic E-state index is 11.9. The molecular formula is C16H24O8S. The van der Waals surface area contributed by atoms with Crippen molar-refractivity contribution in [3.8, 4) is 11.5 Å². The highest BCUT2D eigenvalue weighted by Crippen LogP contribution is 2.27. The molecule has 0 fully saturated rings. The van der Waals surface area contributed by atoms with Gasteiger partial charge in [-0.3, -0.25) is 4.18 Å². The van der Waals surface area contributed by atoms with Crippen molar-refractivity contribution in [2.45, 2.75) is 20.0 Å². The maximum Gasteiger partial charge on any atom is 0.342 e. The van der Waals surface area contributed by atoms with Crippen molar-refractivity contribution in [3.05, 3.63) is 24.3 Å². The number of para-hydroxylation sites is 2. The van der Waals surface area contributed by atoms with E-state index in [9.17, 15) is 13.2 Å². The molecular weight excluding hydrogens is 352 g/mol. The van der Waals surface area contributed by atoms with Crippen LogP contribution in [0.15, 0.2) is 24.3 Å². The molecule has 0 aliphatic carbocycles. The molecule has 1 atom stereocenters. The smallest absolute Gasteiger partial charge is 0.342 e. The summed E-state index contributed by atoms with van der Waals surface area (Å²) >= 11 is 0. The van der Waals surface area contributed by atoms with Crippen LogP contribution < -0.4 is 9.47 Å². The zero-order valence-electron chi connectivity index (χ0n) is 14.6. The van der Waals surface area contributed by atoms with Gasteiger partial charge >= 0.3 is 5.97 Å². The Hall–Kier alpha value is -1.68. The Morgan fingerprint density at radius 1 is 1.04 bits per heavy atom. The number of esters is 1. The zero-order valence-corrected chi connectivity index (χ0v) is 15.4. The van der Waals surface area contributed by atoms with Crippen molar-refractivity contribution in [2.24, 2.45) is 0 Å². The Labute approximate surface area is 148 Å². The monoisotopic (exact) mass is 376 g/mol. The van der Waals surface area contributed by atoms with Gasteiger partial charge < -0.3 is 18.9 Å². The first-order chi connectivity index (χ1) is 11.8. The van der Waals surface area contributed by atoms with Crippen molar-refractivity contribution >= 4 is 16.1 Å². The lowest BCUT2D eigenvalue weighted by molar-refractivity contribution is -0.141. The second kappa shape index (κ2) is 11.0. The molecule has 8 nitrogen and oxygen atoms in total. The number of ether oxygens (including phenoxy) is 4. The molecule has 25 heavy (non-hydrogen) atoms. The summed E-state index contributed by atoms with van der Waals surface area (Å²) in [4.78, 5) is 11.9. The molecule has 0 bridgehead atoms. The summed E-state index contributed by atoms with van der Waals surface area (Å²) in [5.41, 5.74) is 0. The molecule has 1 aromatic carbocycles. The van der Waals surface area contributed by atoms with Crippen LogP contribution in [-0.2, 0) is 28.6 Å². The van der Waals surface area contributed by atoms with E-state index in [1.165, 1.54) is 13.0 Å². The van der Waals surface area contributed by atoms with Gasteiger partial charge in [0.25, 0.3) is 10.1 Å². The molecule has 0 saturated carbocycles. The summed E-state index contributed by atoms with van der Waals surface area (Å²) in [6.07, 6.45) is -0.399. The zero-order chi connectivity index (χ0) is 18.7. The van der Waals surface area contributed by atoms with Crippen LogP contribution in [-0.4, -0.2) is 59.8 Å². The molecule has 0 spiro atoms. The Balaban J connectivity index is 2.49. The van der Waals surface area contributed by atoms with Crippen LogP contribution in [0.3, 0.4) is 0 Å². The molecule has 1 rings (SSSR count). The first-order valence-electron chi connectivity index (χ1n) is 7.80. The topological polar surface area (TPSA) is 97.4 Å². The molecule has 0 aliphatic heterocycles. The van der Waals surface area contributed by atoms with Crippen molar-refractivity contribution < 1.29 is 36.3 Å². The highest BCUT2D eigenvalue weighted by Gasteiger charge is 2.22. The number of benzene rings is 1. The van der Waals surface area contributed by atoms with Gasteiger partial charge in [-0.25, -0.2) is 4.79 Å². The van der Waals surface area contributed by atoms with E-state index >= 15 is 0 Å². The Morgan fingerprint density at radius 2 is 1.64 bits per heavy atom. The summed E-state index contributed by atoms with van der Waals surface area (Å²) in [5, 5.41) is 0. The van der Waals surface area contributed by atoms with Gasteiger partial charge in [0.15, 0.2) is 17.6 Å². The van der Waals surface area contributed by atoms with Crippen molar-refractivity contribution in [3.63, 3.8) is 0 Å². The van der Waals surface area contributed by atoms with Crippen LogP contribution in [0.4, 0.5) is 0 Å². The van der Waals surface area contributed by atoms with E-state index in [1.54, 1.807) is 18.2 Å². The Bertz CT molecular complexity index is 629. The van der Waals surface area contributed by atoms with Gasteiger partial charge in [0.2, 0.25) is 0 Å². The molecule has 0 amide bonds. The highest BCUT2D eigenvalue weighted by atomic mass is 32.2. The number of rotatable bonds is 12. The third-order valence-corrected chi connectivity index (χ3v) is 3.41. The molecule has 142 valence electrons. The van der Waals surface area contributed by atoms with E-state index in [4.69, 9.17) is 18.9 Å². The van der Waals surface area contributed by atoms with Crippen LogP contribution >= 0.6 is 0 Å². The molecule has 9 heteroatoms. The fourth-order valence-electron chi connectivity index (χ4n) is 1.72. The summed E-state index contributed by atoms with van der Waals surface area (Å²) in [5.74, 6) is -0.323. The molecule has 0 saturated heterocycles. The minimum atomic E-state index is -3.76. The summed E-state index contributed by atoms with van der Waals surface area (Å²) in [7, 11) is -3.76. The molecule has 0 N–H and O–H groups in total. The molecule has 1 aromatic rings. The van der Waals surface area contributed by atoms with Gasteiger partial charge in [0.1, 0.15) is 6.61 Å². The second-order valence-corrected chi connectivity index (χ2v) is 6.57. The van der Waals surface area contributed by atoms with E-state index < -0.39 is 22.2 Å². The third-order valence-electron chi connectivity index (χ3n) is 2.77. The SMILES string of the molecule is CCOCCOCCOc1ccccc1OC(=O)C(C)OS(C)(=O)=O. The number of hydrogen-bond donors (Lipinski definition) is 0. The summed E-state index contributed by atoms with van der Waals surface area (Å²) in [6, 6.07) is 6.55. The van der Waals surface area contributed by atoms with Crippen LogP contribution in [0.1, 0.15) is 13.8 Å². The summed E-state index contributed by atoms with van der Waals surface area (Å²) < 4.78 is 47.8. The van der Waals surface area contributed by atoms with Gasteiger partial charge in [-0.05, 0) is 26.0 Å². The van der Waals surface area contributed by atoms with Gasteiger partial charge in [0, 0.05) is 6.61 Å². The highest BCUT2D eigenvalue weighted by molar-refractivity contribution is 7.86. The number of hydrogen-bond acceptors (Lipinski definition) is 8. The molecule has 0 heterocycles. The lowest BCUT2D eigenvalue weighted by atomic mass is 10.3. The first-order valence-corrected chi connectivity index (χ1v) is 9.62.